The number of anilines is 2. The lowest BCUT2D eigenvalue weighted by molar-refractivity contribution is -0.146. The van der Waals surface area contributed by atoms with Crippen LogP contribution in [-0.4, -0.2) is 33.4 Å². The van der Waals surface area contributed by atoms with Crippen molar-refractivity contribution < 1.29 is 22.7 Å². The predicted molar refractivity (Wildman–Crippen MR) is 128 cm³/mol. The summed E-state index contributed by atoms with van der Waals surface area (Å²) >= 11 is 1.56. The molecule has 168 valence electrons. The number of esters is 1. The number of sulfonamides is 1. The topological polar surface area (TPSA) is 92.8 Å². The number of hydrogen-bond acceptors (Lipinski definition) is 6. The third-order valence-electron chi connectivity index (χ3n) is 4.70. The maximum Gasteiger partial charge on any atom is 0.321 e. The smallest absolute Gasteiger partial charge is 0.321 e. The number of carbonyl (C=O) groups is 2. The lowest BCUT2D eigenvalue weighted by atomic mass is 10.2. The SMILES string of the molecule is O=C(CNS(=O)(=O)/C=C/c1ccccc1)OCC(=O)N1c2ccccc2Sc2ccccc21. The molecule has 1 aliphatic heterocycles. The molecule has 3 aromatic rings. The van der Waals surface area contributed by atoms with Crippen LogP contribution >= 0.6 is 11.8 Å². The molecule has 0 atom stereocenters. The summed E-state index contributed by atoms with van der Waals surface area (Å²) in [7, 11) is -3.84. The van der Waals surface area contributed by atoms with Crippen molar-refractivity contribution in [3.63, 3.8) is 0 Å². The molecule has 1 amide bonds. The van der Waals surface area contributed by atoms with E-state index in [0.29, 0.717) is 16.9 Å². The minimum atomic E-state index is -3.84. The van der Waals surface area contributed by atoms with Gasteiger partial charge in [-0.1, -0.05) is 66.4 Å². The van der Waals surface area contributed by atoms with Crippen LogP contribution in [0.3, 0.4) is 0 Å². The van der Waals surface area contributed by atoms with E-state index < -0.39 is 35.1 Å². The number of ether oxygens (including phenoxy) is 1. The molecular weight excluding hydrogens is 460 g/mol. The fraction of sp³-hybridized carbons (Fsp3) is 0.0833. The summed E-state index contributed by atoms with van der Waals surface area (Å²) in [6, 6.07) is 23.8. The molecule has 0 aliphatic carbocycles. The molecule has 1 heterocycles. The highest BCUT2D eigenvalue weighted by Crippen LogP contribution is 2.47. The monoisotopic (exact) mass is 480 g/mol. The summed E-state index contributed by atoms with van der Waals surface area (Å²) in [5, 5.41) is 0.972. The van der Waals surface area contributed by atoms with Crippen LogP contribution in [0.15, 0.2) is 94.1 Å². The number of hydrogen-bond donors (Lipinski definition) is 1. The Balaban J connectivity index is 1.37. The van der Waals surface area contributed by atoms with Gasteiger partial charge in [0, 0.05) is 15.2 Å². The molecule has 0 radical (unpaired) electrons. The van der Waals surface area contributed by atoms with Gasteiger partial charge in [-0.15, -0.1) is 0 Å². The zero-order valence-corrected chi connectivity index (χ0v) is 19.0. The second-order valence-corrected chi connectivity index (χ2v) is 9.74. The van der Waals surface area contributed by atoms with E-state index in [0.717, 1.165) is 15.2 Å². The average Bonchev–Trinajstić information content (AvgIpc) is 2.84. The zero-order chi connectivity index (χ0) is 23.3. The van der Waals surface area contributed by atoms with Gasteiger partial charge >= 0.3 is 5.97 Å². The molecule has 1 N–H and O–H groups in total. The Morgan fingerprint density at radius 2 is 1.45 bits per heavy atom. The van der Waals surface area contributed by atoms with Crippen molar-refractivity contribution in [1.29, 1.82) is 0 Å². The molecule has 0 saturated carbocycles. The van der Waals surface area contributed by atoms with E-state index in [2.05, 4.69) is 4.72 Å². The Hall–Kier alpha value is -3.40. The van der Waals surface area contributed by atoms with Gasteiger partial charge in [0.2, 0.25) is 10.0 Å². The van der Waals surface area contributed by atoms with Crippen molar-refractivity contribution in [3.8, 4) is 0 Å². The van der Waals surface area contributed by atoms with E-state index in [1.54, 1.807) is 36.0 Å². The second-order valence-electron chi connectivity index (χ2n) is 7.01. The molecule has 0 aromatic heterocycles. The highest BCUT2D eigenvalue weighted by Gasteiger charge is 2.28. The molecule has 3 aromatic carbocycles. The van der Waals surface area contributed by atoms with E-state index in [4.69, 9.17) is 4.74 Å². The lowest BCUT2D eigenvalue weighted by Gasteiger charge is -2.30. The molecule has 1 aliphatic rings. The fourth-order valence-corrected chi connectivity index (χ4v) is 4.98. The van der Waals surface area contributed by atoms with Crippen LogP contribution in [-0.2, 0) is 24.3 Å². The first-order valence-electron chi connectivity index (χ1n) is 10.0. The average molecular weight is 481 g/mol. The molecule has 0 saturated heterocycles. The maximum atomic E-state index is 13.0. The number of carbonyl (C=O) groups excluding carboxylic acids is 2. The lowest BCUT2D eigenvalue weighted by Crippen LogP contribution is -2.35. The van der Waals surface area contributed by atoms with Crippen LogP contribution in [0.5, 0.6) is 0 Å². The maximum absolute atomic E-state index is 13.0. The van der Waals surface area contributed by atoms with Crippen molar-refractivity contribution in [2.75, 3.05) is 18.1 Å². The molecule has 0 spiro atoms. The molecule has 33 heavy (non-hydrogen) atoms. The van der Waals surface area contributed by atoms with Crippen molar-refractivity contribution in [1.82, 2.24) is 4.72 Å². The molecule has 0 unspecified atom stereocenters. The van der Waals surface area contributed by atoms with Crippen LogP contribution in [0.1, 0.15) is 5.56 Å². The second kappa shape index (κ2) is 10.0. The Morgan fingerprint density at radius 1 is 0.879 bits per heavy atom. The predicted octanol–water partition coefficient (Wildman–Crippen LogP) is 3.95. The Labute approximate surface area is 196 Å². The normalized spacial score (nSPS) is 12.8. The molecule has 9 heteroatoms. The third kappa shape index (κ3) is 5.70. The fourth-order valence-electron chi connectivity index (χ4n) is 3.17. The van der Waals surface area contributed by atoms with Crippen molar-refractivity contribution in [2.45, 2.75) is 9.79 Å². The van der Waals surface area contributed by atoms with Gasteiger partial charge in [0.15, 0.2) is 6.61 Å². The van der Waals surface area contributed by atoms with Crippen LogP contribution in [0.25, 0.3) is 6.08 Å². The van der Waals surface area contributed by atoms with Crippen LogP contribution in [0, 0.1) is 0 Å². The highest BCUT2D eigenvalue weighted by molar-refractivity contribution is 7.99. The Kier molecular flexibility index (Phi) is 6.93. The Bertz CT molecular complexity index is 1260. The summed E-state index contributed by atoms with van der Waals surface area (Å²) in [6.45, 7) is -1.11. The van der Waals surface area contributed by atoms with E-state index in [1.807, 2.05) is 54.6 Å². The number of nitrogens with one attached hydrogen (secondary N) is 1. The van der Waals surface area contributed by atoms with Gasteiger partial charge in [0.1, 0.15) is 6.54 Å². The highest BCUT2D eigenvalue weighted by atomic mass is 32.2. The number of amides is 1. The van der Waals surface area contributed by atoms with E-state index in [9.17, 15) is 18.0 Å². The summed E-state index contributed by atoms with van der Waals surface area (Å²) < 4.78 is 31.4. The molecule has 0 bridgehead atoms. The number of fused-ring (bicyclic) bond motifs is 2. The van der Waals surface area contributed by atoms with E-state index >= 15 is 0 Å². The minimum absolute atomic E-state index is 0.435. The third-order valence-corrected chi connectivity index (χ3v) is 6.87. The number of para-hydroxylation sites is 2. The standard InChI is InChI=1S/C24H20N2O5S2/c27-23(26-19-10-4-6-12-21(19)32-22-13-7-5-11-20(22)26)17-31-24(28)16-25-33(29,30)15-14-18-8-2-1-3-9-18/h1-15,25H,16-17H2/b15-14+. The van der Waals surface area contributed by atoms with Gasteiger partial charge in [0.25, 0.3) is 5.91 Å². The van der Waals surface area contributed by atoms with E-state index in [1.165, 1.54) is 11.0 Å². The summed E-state index contributed by atoms with van der Waals surface area (Å²) in [4.78, 5) is 28.4. The summed E-state index contributed by atoms with van der Waals surface area (Å²) in [5.74, 6) is -1.29. The number of rotatable bonds is 7. The van der Waals surface area contributed by atoms with Crippen molar-refractivity contribution in [3.05, 3.63) is 89.8 Å². The first kappa shape index (κ1) is 22.8. The first-order valence-corrected chi connectivity index (χ1v) is 12.4. The summed E-state index contributed by atoms with van der Waals surface area (Å²) in [5.41, 5.74) is 2.11. The first-order chi connectivity index (χ1) is 15.9. The van der Waals surface area contributed by atoms with Crippen molar-refractivity contribution >= 4 is 51.1 Å². The van der Waals surface area contributed by atoms with Crippen molar-refractivity contribution in [2.24, 2.45) is 0 Å². The zero-order valence-electron chi connectivity index (χ0n) is 17.4. The van der Waals surface area contributed by atoms with Gasteiger partial charge in [-0.3, -0.25) is 14.5 Å². The summed E-state index contributed by atoms with van der Waals surface area (Å²) in [6.07, 6.45) is 1.42. The van der Waals surface area contributed by atoms with Crippen LogP contribution < -0.4 is 9.62 Å². The Morgan fingerprint density at radius 3 is 2.09 bits per heavy atom. The molecule has 0 fully saturated rings. The van der Waals surface area contributed by atoms with Gasteiger partial charge in [-0.05, 0) is 35.9 Å². The number of benzene rings is 3. The minimum Gasteiger partial charge on any atom is -0.455 e. The van der Waals surface area contributed by atoms with Gasteiger partial charge in [-0.25, -0.2) is 13.1 Å². The van der Waals surface area contributed by atoms with Gasteiger partial charge in [0.05, 0.1) is 11.4 Å². The van der Waals surface area contributed by atoms with Crippen LogP contribution in [0.4, 0.5) is 11.4 Å². The molecule has 7 nitrogen and oxygen atoms in total. The van der Waals surface area contributed by atoms with Gasteiger partial charge in [-0.2, -0.15) is 0 Å². The largest absolute Gasteiger partial charge is 0.455 e. The molecule has 4 rings (SSSR count). The quantitative estimate of drug-likeness (QED) is 0.515. The number of nitrogens with zero attached hydrogens (tertiary/aromatic N) is 1. The van der Waals surface area contributed by atoms with E-state index in [-0.39, 0.29) is 0 Å². The molecular formula is C24H20N2O5S2. The van der Waals surface area contributed by atoms with Gasteiger partial charge < -0.3 is 4.74 Å². The van der Waals surface area contributed by atoms with Crippen LogP contribution in [0.2, 0.25) is 0 Å².